The summed E-state index contributed by atoms with van der Waals surface area (Å²) in [6.45, 7) is 25.8. The van der Waals surface area contributed by atoms with Gasteiger partial charge in [-0.3, -0.25) is 0 Å². The fourth-order valence-electron chi connectivity index (χ4n) is 12.8. The molecular formula is C63H67BN2. The fourth-order valence-corrected chi connectivity index (χ4v) is 12.8. The lowest BCUT2D eigenvalue weighted by Gasteiger charge is -2.48. The summed E-state index contributed by atoms with van der Waals surface area (Å²) in [6.07, 6.45) is 3.26. The lowest BCUT2D eigenvalue weighted by molar-refractivity contribution is 0.332. The van der Waals surface area contributed by atoms with Crippen molar-refractivity contribution in [2.24, 2.45) is 0 Å². The van der Waals surface area contributed by atoms with Crippen LogP contribution in [0.1, 0.15) is 138 Å². The minimum absolute atomic E-state index is 0.0295. The predicted octanol–water partition coefficient (Wildman–Crippen LogP) is 15.3. The largest absolute Gasteiger partial charge is 0.311 e. The van der Waals surface area contributed by atoms with Crippen LogP contribution in [0.3, 0.4) is 0 Å². The van der Waals surface area contributed by atoms with Gasteiger partial charge in [-0.15, -0.1) is 0 Å². The zero-order valence-corrected chi connectivity index (χ0v) is 41.3. The number of benzene rings is 7. The van der Waals surface area contributed by atoms with Crippen LogP contribution in [0.4, 0.5) is 34.1 Å². The number of hydrogen-bond donors (Lipinski definition) is 0. The Morgan fingerprint density at radius 3 is 1.64 bits per heavy atom. The van der Waals surface area contributed by atoms with Gasteiger partial charge in [0.25, 0.3) is 6.71 Å². The summed E-state index contributed by atoms with van der Waals surface area (Å²) in [5.74, 6) is 0. The van der Waals surface area contributed by atoms with Crippen molar-refractivity contribution < 1.29 is 4.11 Å². The van der Waals surface area contributed by atoms with Gasteiger partial charge in [-0.25, -0.2) is 0 Å². The normalized spacial score (nSPS) is 18.8. The van der Waals surface area contributed by atoms with Crippen LogP contribution in [-0.4, -0.2) is 6.71 Å². The van der Waals surface area contributed by atoms with E-state index in [1.54, 1.807) is 0 Å². The molecule has 0 atom stereocenters. The van der Waals surface area contributed by atoms with Crippen LogP contribution in [-0.2, 0) is 27.1 Å². The standard InChI is InChI=1S/C63H67BN2/c1-39-30-56-58-57(31-39)66(54-36-49-46(32-40(54)2)62(10,11)38-63(49,12)13)55-37-48-47(60(6,7)28-29-61(48,8)9)35-51(55)64(58)50-33-43(41-20-16-14-17-21-41)24-26-53(50)65(56)52-27-25-44(59(3,4)5)34-45(52)42-22-18-15-19-23-42/h14-27,30-37H,28-29,38H2,1-13H3/i1D3. The Labute approximate surface area is 400 Å². The third kappa shape index (κ3) is 6.50. The number of rotatable bonds is 4. The van der Waals surface area contributed by atoms with Crippen molar-refractivity contribution in [2.75, 3.05) is 9.80 Å². The molecule has 0 aromatic heterocycles. The molecule has 0 saturated heterocycles. The predicted molar refractivity (Wildman–Crippen MR) is 285 cm³/mol. The summed E-state index contributed by atoms with van der Waals surface area (Å²) in [7, 11) is 0. The van der Waals surface area contributed by atoms with Crippen LogP contribution in [0.15, 0.2) is 133 Å². The van der Waals surface area contributed by atoms with Crippen molar-refractivity contribution in [3.8, 4) is 22.3 Å². The molecule has 0 spiro atoms. The average molecular weight is 866 g/mol. The molecule has 0 bridgehead atoms. The molecule has 2 nitrogen and oxygen atoms in total. The summed E-state index contributed by atoms with van der Waals surface area (Å²) in [6, 6.07) is 49.5. The maximum atomic E-state index is 9.21. The van der Waals surface area contributed by atoms with E-state index in [1.165, 1.54) is 49.9 Å². The Bertz CT molecular complexity index is 3240. The van der Waals surface area contributed by atoms with Crippen molar-refractivity contribution in [3.05, 3.63) is 172 Å². The molecule has 7 aromatic rings. The van der Waals surface area contributed by atoms with Crippen LogP contribution >= 0.6 is 0 Å². The fraction of sp³-hybridized carbons (Fsp3) is 0.333. The summed E-state index contributed by atoms with van der Waals surface area (Å²) in [4.78, 5) is 4.92. The zero-order valence-electron chi connectivity index (χ0n) is 44.3. The highest BCUT2D eigenvalue weighted by atomic mass is 15.2. The van der Waals surface area contributed by atoms with Crippen LogP contribution in [0.5, 0.6) is 0 Å². The first kappa shape index (κ1) is 39.4. The third-order valence-corrected chi connectivity index (χ3v) is 16.3. The van der Waals surface area contributed by atoms with Gasteiger partial charge in [0.05, 0.1) is 5.69 Å². The van der Waals surface area contributed by atoms with E-state index in [-0.39, 0.29) is 33.8 Å². The number of aryl methyl sites for hydroxylation is 2. The maximum Gasteiger partial charge on any atom is 0.252 e. The number of anilines is 6. The molecule has 0 saturated carbocycles. The van der Waals surface area contributed by atoms with Gasteiger partial charge in [0.15, 0.2) is 0 Å². The smallest absolute Gasteiger partial charge is 0.252 e. The van der Waals surface area contributed by atoms with E-state index in [0.717, 1.165) is 75.5 Å². The van der Waals surface area contributed by atoms with Gasteiger partial charge < -0.3 is 9.80 Å². The molecule has 2 aliphatic heterocycles. The van der Waals surface area contributed by atoms with Gasteiger partial charge >= 0.3 is 0 Å². The highest BCUT2D eigenvalue weighted by Gasteiger charge is 2.48. The molecule has 2 aliphatic carbocycles. The summed E-state index contributed by atoms with van der Waals surface area (Å²) < 4.78 is 27.6. The average Bonchev–Trinajstić information content (AvgIpc) is 3.47. The Morgan fingerprint density at radius 1 is 0.485 bits per heavy atom. The molecule has 332 valence electrons. The van der Waals surface area contributed by atoms with Gasteiger partial charge in [-0.05, 0) is 175 Å². The lowest BCUT2D eigenvalue weighted by atomic mass is 9.33. The first-order chi connectivity index (χ1) is 32.4. The van der Waals surface area contributed by atoms with Crippen molar-refractivity contribution in [3.63, 3.8) is 0 Å². The molecule has 11 rings (SSSR count). The topological polar surface area (TPSA) is 6.48 Å². The summed E-state index contributed by atoms with van der Waals surface area (Å²) in [5, 5.41) is 0. The molecule has 4 aliphatic rings. The summed E-state index contributed by atoms with van der Waals surface area (Å²) >= 11 is 0. The van der Waals surface area contributed by atoms with E-state index >= 15 is 0 Å². The van der Waals surface area contributed by atoms with Crippen molar-refractivity contribution in [1.82, 2.24) is 0 Å². The van der Waals surface area contributed by atoms with Crippen LogP contribution in [0.25, 0.3) is 22.3 Å². The molecule has 2 heterocycles. The Kier molecular flexibility index (Phi) is 8.57. The second-order valence-corrected chi connectivity index (χ2v) is 23.9. The van der Waals surface area contributed by atoms with Crippen molar-refractivity contribution in [2.45, 2.75) is 136 Å². The van der Waals surface area contributed by atoms with Crippen molar-refractivity contribution in [1.29, 1.82) is 0 Å². The first-order valence-corrected chi connectivity index (χ1v) is 24.4. The zero-order chi connectivity index (χ0) is 49.0. The monoisotopic (exact) mass is 866 g/mol. The molecule has 0 fully saturated rings. The molecule has 0 radical (unpaired) electrons. The van der Waals surface area contributed by atoms with E-state index in [4.69, 9.17) is 0 Å². The second kappa shape index (κ2) is 14.4. The SMILES string of the molecule is [2H]C([2H])([2H])c1cc2c3c(c1)N(c1ccc(C(C)(C)C)cc1-c1ccccc1)c1ccc(-c4ccccc4)cc1B3c1cc3c(cc1N2c1cc2c(cc1C)C(C)(C)CC2(C)C)C(C)(C)CCC3(C)C. The summed E-state index contributed by atoms with van der Waals surface area (Å²) in [5.41, 5.74) is 22.6. The number of nitrogens with zero attached hydrogens (tertiary/aromatic N) is 2. The maximum absolute atomic E-state index is 9.21. The van der Waals surface area contributed by atoms with Gasteiger partial charge in [0, 0.05) is 38.1 Å². The van der Waals surface area contributed by atoms with Gasteiger partial charge in [0.1, 0.15) is 0 Å². The van der Waals surface area contributed by atoms with E-state index < -0.39 is 6.85 Å². The number of hydrogen-bond acceptors (Lipinski definition) is 2. The van der Waals surface area contributed by atoms with Gasteiger partial charge in [0.2, 0.25) is 0 Å². The minimum atomic E-state index is -2.38. The van der Waals surface area contributed by atoms with Crippen LogP contribution in [0.2, 0.25) is 0 Å². The van der Waals surface area contributed by atoms with Crippen molar-refractivity contribution >= 4 is 57.2 Å². The highest BCUT2D eigenvalue weighted by Crippen LogP contribution is 2.55. The third-order valence-electron chi connectivity index (χ3n) is 16.3. The van der Waals surface area contributed by atoms with Crippen LogP contribution in [0, 0.1) is 13.8 Å². The first-order valence-electron chi connectivity index (χ1n) is 25.9. The molecule has 3 heteroatoms. The molecule has 0 amide bonds. The van der Waals surface area contributed by atoms with E-state index in [9.17, 15) is 4.11 Å². The Hall–Kier alpha value is -5.80. The van der Waals surface area contributed by atoms with E-state index in [0.29, 0.717) is 5.56 Å². The number of fused-ring (bicyclic) bond motifs is 6. The Balaban J connectivity index is 1.31. The minimum Gasteiger partial charge on any atom is -0.311 e. The highest BCUT2D eigenvalue weighted by molar-refractivity contribution is 7.00. The molecule has 0 N–H and O–H groups in total. The molecule has 66 heavy (non-hydrogen) atoms. The second-order valence-electron chi connectivity index (χ2n) is 23.9. The quantitative estimate of drug-likeness (QED) is 0.163. The van der Waals surface area contributed by atoms with Gasteiger partial charge in [-0.2, -0.15) is 0 Å². The Morgan fingerprint density at radius 2 is 1.02 bits per heavy atom. The van der Waals surface area contributed by atoms with E-state index in [1.807, 2.05) is 12.1 Å². The molecular weight excluding hydrogens is 796 g/mol. The van der Waals surface area contributed by atoms with Crippen LogP contribution < -0.4 is 26.2 Å². The molecule has 7 aromatic carbocycles. The van der Waals surface area contributed by atoms with E-state index in [2.05, 4.69) is 214 Å². The lowest BCUT2D eigenvalue weighted by Crippen LogP contribution is -2.62. The van der Waals surface area contributed by atoms with Gasteiger partial charge in [-0.1, -0.05) is 167 Å². The molecule has 0 unspecified atom stereocenters.